The van der Waals surface area contributed by atoms with Crippen LogP contribution in [0.4, 0.5) is 21.0 Å². The number of thioether (sulfide) groups is 1. The van der Waals surface area contributed by atoms with E-state index < -0.39 is 6.09 Å². The van der Waals surface area contributed by atoms with Crippen LogP contribution in [-0.4, -0.2) is 57.9 Å². The molecule has 3 aromatic carbocycles. The quantitative estimate of drug-likeness (QED) is 0.0590. The molecule has 5 rings (SSSR count). The molecule has 0 aliphatic carbocycles. The number of amidine groups is 1. The number of rotatable bonds is 9. The van der Waals surface area contributed by atoms with Crippen LogP contribution >= 0.6 is 11.8 Å². The van der Waals surface area contributed by atoms with Crippen molar-refractivity contribution in [1.82, 2.24) is 25.3 Å². The van der Waals surface area contributed by atoms with Gasteiger partial charge in [-0.25, -0.2) is 14.6 Å². The molecule has 8 N–H and O–H groups in total. The van der Waals surface area contributed by atoms with Crippen molar-refractivity contribution in [3.05, 3.63) is 83.7 Å². The zero-order valence-electron chi connectivity index (χ0n) is 24.2. The second kappa shape index (κ2) is 12.8. The van der Waals surface area contributed by atoms with Crippen LogP contribution in [-0.2, 0) is 6.42 Å². The number of aryl methyl sites for hydroxylation is 2. The molecule has 3 atom stereocenters. The van der Waals surface area contributed by atoms with Gasteiger partial charge in [0.1, 0.15) is 24.2 Å². The summed E-state index contributed by atoms with van der Waals surface area (Å²) in [5.41, 5.74) is 13.4. The molecule has 2 heterocycles. The largest absolute Gasteiger partial charge is 0.462 e. The summed E-state index contributed by atoms with van der Waals surface area (Å²) in [6.07, 6.45) is 3.33. The number of imidazole rings is 1. The summed E-state index contributed by atoms with van der Waals surface area (Å²) in [6.45, 7) is 2.34. The van der Waals surface area contributed by atoms with Gasteiger partial charge in [-0.3, -0.25) is 5.41 Å². The maximum Gasteiger partial charge on any atom is 0.449 e. The third-order valence-electron chi connectivity index (χ3n) is 8.04. The van der Waals surface area contributed by atoms with Crippen molar-refractivity contribution in [2.24, 2.45) is 5.73 Å². The van der Waals surface area contributed by atoms with Crippen molar-refractivity contribution >= 4 is 52.1 Å². The maximum absolute atomic E-state index is 13.0. The van der Waals surface area contributed by atoms with Crippen LogP contribution in [0.15, 0.2) is 71.6 Å². The van der Waals surface area contributed by atoms with Gasteiger partial charge in [0, 0.05) is 53.6 Å². The van der Waals surface area contributed by atoms with E-state index in [1.54, 1.807) is 11.8 Å². The number of nitrogens with two attached hydrogens (primary N) is 1. The van der Waals surface area contributed by atoms with Crippen LogP contribution in [0, 0.1) is 12.3 Å². The van der Waals surface area contributed by atoms with E-state index in [-0.39, 0.29) is 28.5 Å². The third kappa shape index (κ3) is 6.92. The predicted octanol–water partition coefficient (Wildman–Crippen LogP) is 5.35. The molecule has 1 fully saturated rings. The summed E-state index contributed by atoms with van der Waals surface area (Å²) < 4.78 is 0.0322. The van der Waals surface area contributed by atoms with Crippen LogP contribution in [0.25, 0.3) is 11.0 Å². The average molecular weight is 602 g/mol. The molecule has 3 amide bonds. The zero-order chi connectivity index (χ0) is 30.6. The Hall–Kier alpha value is -4.55. The Morgan fingerprint density at radius 1 is 1.16 bits per heavy atom. The number of aromatic nitrogens is 2. The number of anilines is 1. The fraction of sp³-hybridized carbons (Fsp3) is 0.290. The van der Waals surface area contributed by atoms with Crippen molar-refractivity contribution in [1.29, 1.82) is 5.41 Å². The van der Waals surface area contributed by atoms with Gasteiger partial charge < -0.3 is 26.5 Å². The minimum Gasteiger partial charge on any atom is -0.462 e. The molecule has 1 aromatic heterocycles. The van der Waals surface area contributed by atoms with Crippen LogP contribution in [0.2, 0.25) is 0 Å². The molecule has 3 unspecified atom stereocenters. The molecule has 224 valence electrons. The van der Waals surface area contributed by atoms with Gasteiger partial charge in [0.2, 0.25) is 0 Å². The number of hydrogen-bond donors (Lipinski definition) is 7. The molecule has 0 radical (unpaired) electrons. The lowest BCUT2D eigenvalue weighted by Gasteiger charge is -2.47. The Labute approximate surface area is 254 Å². The molecular formula is C31H37N8O3S+. The van der Waals surface area contributed by atoms with Gasteiger partial charge in [0.05, 0.1) is 11.0 Å². The molecule has 0 bridgehead atoms. The Morgan fingerprint density at radius 3 is 2.67 bits per heavy atom. The average Bonchev–Trinajstić information content (AvgIpc) is 3.36. The molecule has 1 aliphatic rings. The predicted molar refractivity (Wildman–Crippen MR) is 172 cm³/mol. The lowest BCUT2D eigenvalue weighted by molar-refractivity contribution is 0.0685. The van der Waals surface area contributed by atoms with E-state index in [2.05, 4.69) is 26.0 Å². The fourth-order valence-electron chi connectivity index (χ4n) is 5.97. The van der Waals surface area contributed by atoms with Crippen molar-refractivity contribution in [2.45, 2.75) is 49.6 Å². The van der Waals surface area contributed by atoms with E-state index in [9.17, 15) is 14.7 Å². The molecule has 43 heavy (non-hydrogen) atoms. The number of benzene rings is 3. The number of carbonyl (C=O) groups is 2. The van der Waals surface area contributed by atoms with Gasteiger partial charge in [-0.05, 0) is 49.4 Å². The number of urea groups is 1. The first kappa shape index (κ1) is 29.9. The first-order chi connectivity index (χ1) is 20.6. The van der Waals surface area contributed by atoms with Crippen LogP contribution in [0.5, 0.6) is 0 Å². The Bertz CT molecular complexity index is 1640. The lowest BCUT2D eigenvalue weighted by Crippen LogP contribution is -2.71. The van der Waals surface area contributed by atoms with Crippen molar-refractivity contribution in [2.75, 3.05) is 18.1 Å². The summed E-state index contributed by atoms with van der Waals surface area (Å²) in [4.78, 5) is 34.2. The van der Waals surface area contributed by atoms with Crippen molar-refractivity contribution in [3.63, 3.8) is 0 Å². The van der Waals surface area contributed by atoms with E-state index in [4.69, 9.17) is 11.1 Å². The van der Waals surface area contributed by atoms with Crippen molar-refractivity contribution < 1.29 is 14.7 Å². The number of nitrogens with one attached hydrogen (secondary N) is 5. The Kier molecular flexibility index (Phi) is 8.88. The monoisotopic (exact) mass is 601 g/mol. The highest BCUT2D eigenvalue weighted by Crippen LogP contribution is 2.35. The van der Waals surface area contributed by atoms with Gasteiger partial charge >= 0.3 is 12.1 Å². The van der Waals surface area contributed by atoms with E-state index in [1.807, 2.05) is 79.9 Å². The minimum atomic E-state index is -1.12. The number of fused-ring (bicyclic) bond motifs is 1. The van der Waals surface area contributed by atoms with E-state index in [0.29, 0.717) is 43.5 Å². The molecule has 1 aliphatic heterocycles. The smallest absolute Gasteiger partial charge is 0.449 e. The zero-order valence-corrected chi connectivity index (χ0v) is 25.0. The van der Waals surface area contributed by atoms with Gasteiger partial charge in [-0.2, -0.15) is 10.0 Å². The first-order valence-corrected chi connectivity index (χ1v) is 15.4. The summed E-state index contributed by atoms with van der Waals surface area (Å²) >= 11 is 1.60. The number of H-pyrrole nitrogens is 1. The highest BCUT2D eigenvalue weighted by Gasteiger charge is 2.47. The summed E-state index contributed by atoms with van der Waals surface area (Å²) in [7, 11) is 0. The summed E-state index contributed by atoms with van der Waals surface area (Å²) in [6, 6.07) is 20.4. The molecular weight excluding hydrogens is 564 g/mol. The highest BCUT2D eigenvalue weighted by molar-refractivity contribution is 7.98. The summed E-state index contributed by atoms with van der Waals surface area (Å²) in [5.74, 6) is 0.796. The standard InChI is InChI=1S/C31H36N8O3S/c1-19-34-27-13-12-25(18-28(27)35-19)39(38-31(41)42)15-14-23(37-30(40)36-22-4-3-5-26(17-22)43-2)16-24(39)11-8-20-6-9-21(10-7-20)29(32)33/h3-7,9-10,12-13,17-18,23-24,38H,8,11,14-16H2,1-2H3,(H6-,32,33,34,35,36,37,40,41,42)/p+1. The second-order valence-corrected chi connectivity index (χ2v) is 11.8. The Balaban J connectivity index is 1.42. The van der Waals surface area contributed by atoms with Gasteiger partial charge in [0.25, 0.3) is 0 Å². The number of quaternary nitrogens is 1. The Morgan fingerprint density at radius 2 is 1.95 bits per heavy atom. The van der Waals surface area contributed by atoms with E-state index >= 15 is 0 Å². The molecule has 0 spiro atoms. The number of nitrogens with zero attached hydrogens (tertiary/aromatic N) is 2. The first-order valence-electron chi connectivity index (χ1n) is 14.2. The summed E-state index contributed by atoms with van der Waals surface area (Å²) in [5, 5.41) is 23.8. The molecule has 11 nitrogen and oxygen atoms in total. The second-order valence-electron chi connectivity index (χ2n) is 10.9. The molecule has 4 aromatic rings. The number of carboxylic acid groups (broad SMARTS) is 1. The number of amides is 3. The van der Waals surface area contributed by atoms with Crippen molar-refractivity contribution in [3.8, 4) is 0 Å². The third-order valence-corrected chi connectivity index (χ3v) is 8.77. The number of carbonyl (C=O) groups excluding carboxylic acids is 1. The number of aromatic amines is 1. The number of nitrogen functional groups attached to an aromatic ring is 1. The van der Waals surface area contributed by atoms with E-state index in [1.165, 1.54) is 0 Å². The molecule has 12 heteroatoms. The van der Waals surface area contributed by atoms with Gasteiger partial charge in [0.15, 0.2) is 5.69 Å². The topological polar surface area (TPSA) is 169 Å². The van der Waals surface area contributed by atoms with Crippen LogP contribution in [0.3, 0.4) is 0 Å². The normalized spacial score (nSPS) is 20.0. The molecule has 1 saturated heterocycles. The lowest BCUT2D eigenvalue weighted by atomic mass is 9.90. The van der Waals surface area contributed by atoms with Gasteiger partial charge in [-0.1, -0.05) is 30.3 Å². The number of piperidine rings is 1. The maximum atomic E-state index is 13.0. The SMILES string of the molecule is CSc1cccc(NC(=O)NC2CC[N+](NC(=O)O)(c3ccc4nc(C)[nH]c4c3)C(CCc3ccc(C(=N)N)cc3)C2)c1. The molecule has 0 saturated carbocycles. The van der Waals surface area contributed by atoms with E-state index in [0.717, 1.165) is 33.0 Å². The highest BCUT2D eigenvalue weighted by atomic mass is 32.2. The fourth-order valence-corrected chi connectivity index (χ4v) is 6.43. The van der Waals surface area contributed by atoms with Crippen LogP contribution in [0.1, 0.15) is 36.2 Å². The van der Waals surface area contributed by atoms with Gasteiger partial charge in [-0.15, -0.1) is 11.8 Å². The number of hydrogen-bond acceptors (Lipinski definition) is 5. The van der Waals surface area contributed by atoms with Crippen LogP contribution < -0.4 is 26.4 Å². The minimum absolute atomic E-state index is 0.0111.